The maximum absolute atomic E-state index is 12.7. The second kappa shape index (κ2) is 5.73. The van der Waals surface area contributed by atoms with Gasteiger partial charge in [0, 0.05) is 0 Å². The highest BCUT2D eigenvalue weighted by Gasteiger charge is 2.34. The van der Waals surface area contributed by atoms with Crippen LogP contribution < -0.4 is 4.74 Å². The molecule has 0 aliphatic heterocycles. The molecule has 2 heterocycles. The number of aromatic nitrogens is 2. The van der Waals surface area contributed by atoms with E-state index in [-0.39, 0.29) is 23.9 Å². The first-order chi connectivity index (χ1) is 9.68. The van der Waals surface area contributed by atoms with Crippen LogP contribution in [-0.4, -0.2) is 41.1 Å². The molecule has 0 radical (unpaired) electrons. The number of hydrogen-bond donors (Lipinski definition) is 1. The van der Waals surface area contributed by atoms with E-state index in [4.69, 9.17) is 9.84 Å². The van der Waals surface area contributed by atoms with Crippen molar-refractivity contribution in [2.24, 2.45) is 0 Å². The summed E-state index contributed by atoms with van der Waals surface area (Å²) in [5.74, 6) is 0.200. The summed E-state index contributed by atoms with van der Waals surface area (Å²) in [4.78, 5) is 0.120. The molecule has 116 valence electrons. The zero-order valence-corrected chi connectivity index (χ0v) is 15.0. The lowest BCUT2D eigenvalue weighted by Crippen LogP contribution is -2.28. The summed E-state index contributed by atoms with van der Waals surface area (Å²) >= 11 is 2.10. The van der Waals surface area contributed by atoms with Gasteiger partial charge in [0.15, 0.2) is 15.6 Å². The van der Waals surface area contributed by atoms with Gasteiger partial charge in [-0.25, -0.2) is 12.9 Å². The molecular formula is C13H17IN2O4S. The molecule has 0 unspecified atom stereocenters. The molecule has 6 nitrogen and oxygen atoms in total. The van der Waals surface area contributed by atoms with E-state index in [1.807, 2.05) is 0 Å². The predicted octanol–water partition coefficient (Wildman–Crippen LogP) is 1.88. The first kappa shape index (κ1) is 16.5. The Bertz CT molecular complexity index is 762. The number of aliphatic hydroxyl groups is 1. The van der Waals surface area contributed by atoms with E-state index in [0.29, 0.717) is 5.52 Å². The molecule has 0 aliphatic carbocycles. The van der Waals surface area contributed by atoms with Gasteiger partial charge < -0.3 is 9.84 Å². The Hall–Kier alpha value is -0.870. The maximum atomic E-state index is 12.7. The van der Waals surface area contributed by atoms with E-state index < -0.39 is 14.6 Å². The van der Waals surface area contributed by atoms with E-state index in [1.54, 1.807) is 37.5 Å². The van der Waals surface area contributed by atoms with Gasteiger partial charge in [0.1, 0.15) is 11.5 Å². The summed E-state index contributed by atoms with van der Waals surface area (Å²) in [7, 11) is -3.57. The van der Waals surface area contributed by atoms with Gasteiger partial charge in [-0.15, -0.1) is 0 Å². The molecule has 1 N–H and O–H groups in total. The number of sulfone groups is 1. The molecule has 0 atom stereocenters. The van der Waals surface area contributed by atoms with Crippen LogP contribution in [0.3, 0.4) is 0 Å². The van der Waals surface area contributed by atoms with Crippen LogP contribution >= 0.6 is 22.6 Å². The van der Waals surface area contributed by atoms with Crippen molar-refractivity contribution in [3.05, 3.63) is 22.0 Å². The van der Waals surface area contributed by atoms with Crippen LogP contribution in [0.2, 0.25) is 0 Å². The summed E-state index contributed by atoms with van der Waals surface area (Å²) in [5.41, 5.74) is 0.703. The molecule has 0 saturated carbocycles. The fraction of sp³-hybridized carbons (Fsp3) is 0.462. The first-order valence-corrected chi connectivity index (χ1v) is 8.90. The number of fused-ring (bicyclic) bond motifs is 1. The quantitative estimate of drug-likeness (QED) is 0.759. The summed E-state index contributed by atoms with van der Waals surface area (Å²) in [6.45, 7) is 4.76. The molecule has 0 amide bonds. The molecule has 2 aromatic rings. The molecule has 0 saturated heterocycles. The third-order valence-corrected chi connectivity index (χ3v) is 6.32. The van der Waals surface area contributed by atoms with E-state index in [9.17, 15) is 8.42 Å². The van der Waals surface area contributed by atoms with Gasteiger partial charge in [-0.2, -0.15) is 5.10 Å². The van der Waals surface area contributed by atoms with Crippen molar-refractivity contribution in [3.63, 3.8) is 0 Å². The Balaban J connectivity index is 2.71. The van der Waals surface area contributed by atoms with Crippen molar-refractivity contribution in [1.82, 2.24) is 9.61 Å². The van der Waals surface area contributed by atoms with Crippen molar-refractivity contribution >= 4 is 37.9 Å². The second-order valence-corrected chi connectivity index (χ2v) is 9.35. The number of rotatable bonds is 4. The monoisotopic (exact) mass is 424 g/mol. The lowest BCUT2D eigenvalue weighted by molar-refractivity contribution is 0.197. The summed E-state index contributed by atoms with van der Waals surface area (Å²) in [6.07, 6.45) is 3.19. The fourth-order valence-electron chi connectivity index (χ4n) is 1.76. The molecule has 0 spiro atoms. The minimum absolute atomic E-state index is 0.0243. The van der Waals surface area contributed by atoms with E-state index in [0.717, 1.165) is 3.57 Å². The zero-order chi connectivity index (χ0) is 15.8. The topological polar surface area (TPSA) is 80.9 Å². The SMILES string of the molecule is CC(C)(C)S(=O)(=O)c1cc2c(I)cnn2cc1OCCO. The van der Waals surface area contributed by atoms with Crippen molar-refractivity contribution in [2.45, 2.75) is 30.4 Å². The number of ether oxygens (including phenoxy) is 1. The van der Waals surface area contributed by atoms with Crippen LogP contribution in [-0.2, 0) is 9.84 Å². The smallest absolute Gasteiger partial charge is 0.187 e. The van der Waals surface area contributed by atoms with Crippen LogP contribution in [0, 0.1) is 3.57 Å². The third-order valence-electron chi connectivity index (χ3n) is 2.98. The Morgan fingerprint density at radius 3 is 2.67 bits per heavy atom. The highest BCUT2D eigenvalue weighted by Crippen LogP contribution is 2.33. The Labute approximate surface area is 137 Å². The van der Waals surface area contributed by atoms with E-state index >= 15 is 0 Å². The standard InChI is InChI=1S/C13H17IN2O4S/c1-13(2,3)21(18,19)12-6-10-9(14)7-15-16(10)8-11(12)20-5-4-17/h6-8,17H,4-5H2,1-3H3. The van der Waals surface area contributed by atoms with Crippen LogP contribution in [0.15, 0.2) is 23.4 Å². The molecular weight excluding hydrogens is 407 g/mol. The molecule has 0 bridgehead atoms. The molecule has 2 aromatic heterocycles. The highest BCUT2D eigenvalue weighted by atomic mass is 127. The number of halogens is 1. The minimum atomic E-state index is -3.57. The lowest BCUT2D eigenvalue weighted by atomic mass is 10.3. The Morgan fingerprint density at radius 1 is 1.43 bits per heavy atom. The Morgan fingerprint density at radius 2 is 2.10 bits per heavy atom. The molecule has 0 aromatic carbocycles. The van der Waals surface area contributed by atoms with Crippen LogP contribution in [0.25, 0.3) is 5.52 Å². The largest absolute Gasteiger partial charge is 0.488 e. The number of hydrogen-bond acceptors (Lipinski definition) is 5. The van der Waals surface area contributed by atoms with Crippen molar-refractivity contribution in [1.29, 1.82) is 0 Å². The van der Waals surface area contributed by atoms with Crippen LogP contribution in [0.1, 0.15) is 20.8 Å². The molecule has 0 fully saturated rings. The van der Waals surface area contributed by atoms with Crippen molar-refractivity contribution in [3.8, 4) is 5.75 Å². The number of pyridine rings is 1. The van der Waals surface area contributed by atoms with Crippen molar-refractivity contribution < 1.29 is 18.3 Å². The van der Waals surface area contributed by atoms with E-state index in [1.165, 1.54) is 6.20 Å². The van der Waals surface area contributed by atoms with Crippen LogP contribution in [0.5, 0.6) is 5.75 Å². The van der Waals surface area contributed by atoms with Gasteiger partial charge >= 0.3 is 0 Å². The van der Waals surface area contributed by atoms with Gasteiger partial charge in [-0.05, 0) is 49.4 Å². The second-order valence-electron chi connectivity index (χ2n) is 5.51. The lowest BCUT2D eigenvalue weighted by Gasteiger charge is -2.21. The average Bonchev–Trinajstić information content (AvgIpc) is 2.75. The van der Waals surface area contributed by atoms with Gasteiger partial charge in [0.25, 0.3) is 0 Å². The van der Waals surface area contributed by atoms with Gasteiger partial charge in [-0.3, -0.25) is 0 Å². The molecule has 2 rings (SSSR count). The summed E-state index contributed by atoms with van der Waals surface area (Å²) in [5, 5.41) is 13.0. The zero-order valence-electron chi connectivity index (χ0n) is 12.0. The summed E-state index contributed by atoms with van der Waals surface area (Å²) < 4.78 is 32.3. The minimum Gasteiger partial charge on any atom is -0.488 e. The Kier molecular flexibility index (Phi) is 4.50. The first-order valence-electron chi connectivity index (χ1n) is 6.33. The normalized spacial score (nSPS) is 12.8. The summed E-state index contributed by atoms with van der Waals surface area (Å²) in [6, 6.07) is 1.57. The van der Waals surface area contributed by atoms with Gasteiger partial charge in [0.05, 0.1) is 32.8 Å². The molecule has 21 heavy (non-hydrogen) atoms. The van der Waals surface area contributed by atoms with Crippen LogP contribution in [0.4, 0.5) is 0 Å². The maximum Gasteiger partial charge on any atom is 0.187 e. The fourth-order valence-corrected chi connectivity index (χ4v) is 3.59. The molecule has 0 aliphatic rings. The number of nitrogens with zero attached hydrogens (tertiary/aromatic N) is 2. The van der Waals surface area contributed by atoms with Crippen molar-refractivity contribution in [2.75, 3.05) is 13.2 Å². The highest BCUT2D eigenvalue weighted by molar-refractivity contribution is 14.1. The van der Waals surface area contributed by atoms with Gasteiger partial charge in [0.2, 0.25) is 0 Å². The van der Waals surface area contributed by atoms with Gasteiger partial charge in [-0.1, -0.05) is 0 Å². The predicted molar refractivity (Wildman–Crippen MR) is 87.4 cm³/mol. The van der Waals surface area contributed by atoms with E-state index in [2.05, 4.69) is 27.7 Å². The molecule has 8 heteroatoms. The third kappa shape index (κ3) is 3.02. The number of aliphatic hydroxyl groups excluding tert-OH is 1. The average molecular weight is 424 g/mol.